The van der Waals surface area contributed by atoms with E-state index >= 15 is 0 Å². The molecule has 1 heterocycles. The highest BCUT2D eigenvalue weighted by atomic mass is 79.9. The number of carbonyl (C=O) groups excluding carboxylic acids is 1. The van der Waals surface area contributed by atoms with Crippen molar-refractivity contribution in [3.8, 4) is 11.1 Å². The average Bonchev–Trinajstić information content (AvgIpc) is 2.70. The molecular weight excluding hydrogens is 422 g/mol. The van der Waals surface area contributed by atoms with Gasteiger partial charge in [0, 0.05) is 21.9 Å². The van der Waals surface area contributed by atoms with Gasteiger partial charge in [-0.1, -0.05) is 84.4 Å². The number of benzene rings is 2. The highest BCUT2D eigenvalue weighted by Gasteiger charge is 1.96. The van der Waals surface area contributed by atoms with Crippen LogP contribution in [0.4, 0.5) is 0 Å². The Balaban J connectivity index is 0.000000235. The van der Waals surface area contributed by atoms with E-state index < -0.39 is 0 Å². The number of hydrogen-bond donors (Lipinski definition) is 0. The molecular formula is C26H30BrNO. The number of hydrogen-bond acceptors (Lipinski definition) is 2. The quantitative estimate of drug-likeness (QED) is 0.380. The summed E-state index contributed by atoms with van der Waals surface area (Å²) in [5.41, 5.74) is 4.84. The van der Waals surface area contributed by atoms with Crippen LogP contribution in [0.5, 0.6) is 0 Å². The van der Waals surface area contributed by atoms with E-state index in [0.29, 0.717) is 5.92 Å². The SMILES string of the molecule is C/C=C/C(C)=O.CC(C)c1ccc(Br)cc1.Cc1ccc(-c2ccccc2)cn1. The summed E-state index contributed by atoms with van der Waals surface area (Å²) in [6, 6.07) is 22.8. The maximum Gasteiger partial charge on any atom is 0.152 e. The van der Waals surface area contributed by atoms with Crippen molar-refractivity contribution in [2.75, 3.05) is 0 Å². The molecule has 3 aromatic rings. The molecule has 0 fully saturated rings. The molecule has 0 saturated carbocycles. The number of ketones is 1. The number of rotatable bonds is 3. The van der Waals surface area contributed by atoms with Crippen LogP contribution in [-0.4, -0.2) is 10.8 Å². The van der Waals surface area contributed by atoms with Crippen LogP contribution >= 0.6 is 15.9 Å². The third-order valence-electron chi connectivity index (χ3n) is 3.96. The molecule has 3 rings (SSSR count). The summed E-state index contributed by atoms with van der Waals surface area (Å²) in [6.07, 6.45) is 5.16. The predicted octanol–water partition coefficient (Wildman–Crippen LogP) is 7.78. The number of nitrogens with zero attached hydrogens (tertiary/aromatic N) is 1. The monoisotopic (exact) mass is 451 g/mol. The molecule has 0 atom stereocenters. The first-order chi connectivity index (χ1) is 13.8. The minimum atomic E-state index is 0.109. The van der Waals surface area contributed by atoms with Crippen molar-refractivity contribution in [1.82, 2.24) is 4.98 Å². The van der Waals surface area contributed by atoms with Gasteiger partial charge in [0.15, 0.2) is 5.78 Å². The number of pyridine rings is 1. The lowest BCUT2D eigenvalue weighted by Gasteiger charge is -2.03. The molecule has 0 saturated heterocycles. The van der Waals surface area contributed by atoms with Gasteiger partial charge in [-0.25, -0.2) is 0 Å². The van der Waals surface area contributed by atoms with E-state index in [9.17, 15) is 4.79 Å². The van der Waals surface area contributed by atoms with Crippen molar-refractivity contribution in [2.45, 2.75) is 40.5 Å². The van der Waals surface area contributed by atoms with Crippen LogP contribution in [0.2, 0.25) is 0 Å². The van der Waals surface area contributed by atoms with Crippen LogP contribution < -0.4 is 0 Å². The summed E-state index contributed by atoms with van der Waals surface area (Å²) >= 11 is 3.39. The Morgan fingerprint density at radius 2 is 1.55 bits per heavy atom. The Labute approximate surface area is 183 Å². The van der Waals surface area contributed by atoms with Gasteiger partial charge >= 0.3 is 0 Å². The molecule has 0 unspecified atom stereocenters. The highest BCUT2D eigenvalue weighted by Crippen LogP contribution is 2.18. The molecule has 0 N–H and O–H groups in total. The van der Waals surface area contributed by atoms with Gasteiger partial charge in [0.05, 0.1) is 0 Å². The minimum Gasteiger partial charge on any atom is -0.295 e. The Hall–Kier alpha value is -2.52. The Kier molecular flexibility index (Phi) is 11.5. The molecule has 0 spiro atoms. The van der Waals surface area contributed by atoms with Crippen molar-refractivity contribution >= 4 is 21.7 Å². The van der Waals surface area contributed by atoms with Gasteiger partial charge in [0.2, 0.25) is 0 Å². The number of allylic oxidation sites excluding steroid dienone is 2. The molecule has 0 aliphatic carbocycles. The van der Waals surface area contributed by atoms with Crippen LogP contribution in [0.25, 0.3) is 11.1 Å². The largest absolute Gasteiger partial charge is 0.295 e. The lowest BCUT2D eigenvalue weighted by molar-refractivity contribution is -0.112. The molecule has 0 radical (unpaired) electrons. The summed E-state index contributed by atoms with van der Waals surface area (Å²) in [4.78, 5) is 14.2. The maximum absolute atomic E-state index is 9.96. The standard InChI is InChI=1S/C12H11N.C9H11Br.C5H8O/c1-10-7-8-12(9-13-10)11-5-3-2-4-6-11;1-7(2)8-3-5-9(10)6-4-8;1-3-4-5(2)6/h2-9H,1H3;3-7H,1-2H3;3-4H,1-2H3/b;;4-3+. The fraction of sp³-hybridized carbons (Fsp3) is 0.231. The molecule has 152 valence electrons. The fourth-order valence-electron chi connectivity index (χ4n) is 2.35. The van der Waals surface area contributed by atoms with Gasteiger partial charge in [0.1, 0.15) is 0 Å². The second kappa shape index (κ2) is 13.6. The number of halogens is 1. The van der Waals surface area contributed by atoms with E-state index in [1.807, 2.05) is 44.3 Å². The molecule has 2 nitrogen and oxygen atoms in total. The number of aromatic nitrogens is 1. The zero-order chi connectivity index (χ0) is 21.6. The van der Waals surface area contributed by atoms with Gasteiger partial charge in [-0.15, -0.1) is 0 Å². The molecule has 0 aliphatic rings. The zero-order valence-electron chi connectivity index (χ0n) is 17.9. The van der Waals surface area contributed by atoms with E-state index in [4.69, 9.17) is 0 Å². The Morgan fingerprint density at radius 1 is 0.931 bits per heavy atom. The fourth-order valence-corrected chi connectivity index (χ4v) is 2.62. The first-order valence-electron chi connectivity index (χ1n) is 9.70. The summed E-state index contributed by atoms with van der Waals surface area (Å²) in [5, 5.41) is 0. The smallest absolute Gasteiger partial charge is 0.152 e. The van der Waals surface area contributed by atoms with Crippen molar-refractivity contribution < 1.29 is 4.79 Å². The number of aryl methyl sites for hydroxylation is 1. The summed E-state index contributed by atoms with van der Waals surface area (Å²) in [6.45, 7) is 9.74. The summed E-state index contributed by atoms with van der Waals surface area (Å²) in [7, 11) is 0. The molecule has 0 amide bonds. The van der Waals surface area contributed by atoms with Crippen molar-refractivity contribution in [1.29, 1.82) is 0 Å². The first kappa shape index (κ1) is 24.5. The molecule has 0 bridgehead atoms. The van der Waals surface area contributed by atoms with Crippen molar-refractivity contribution in [3.63, 3.8) is 0 Å². The van der Waals surface area contributed by atoms with Gasteiger partial charge in [-0.3, -0.25) is 9.78 Å². The highest BCUT2D eigenvalue weighted by molar-refractivity contribution is 9.10. The molecule has 3 heteroatoms. The van der Waals surface area contributed by atoms with Crippen LogP contribution in [0.3, 0.4) is 0 Å². The molecule has 2 aromatic carbocycles. The third-order valence-corrected chi connectivity index (χ3v) is 4.49. The predicted molar refractivity (Wildman–Crippen MR) is 128 cm³/mol. The normalized spacial score (nSPS) is 10.0. The molecule has 1 aromatic heterocycles. The summed E-state index contributed by atoms with van der Waals surface area (Å²) < 4.78 is 1.15. The summed E-state index contributed by atoms with van der Waals surface area (Å²) in [5.74, 6) is 0.741. The van der Waals surface area contributed by atoms with Crippen LogP contribution in [0.1, 0.15) is 44.9 Å². The van der Waals surface area contributed by atoms with Crippen LogP contribution in [0, 0.1) is 6.92 Å². The lowest BCUT2D eigenvalue weighted by atomic mass is 10.0. The van der Waals surface area contributed by atoms with E-state index in [1.54, 1.807) is 6.08 Å². The van der Waals surface area contributed by atoms with E-state index in [1.165, 1.54) is 29.7 Å². The van der Waals surface area contributed by atoms with Gasteiger partial charge in [-0.05, 0) is 62.1 Å². The third kappa shape index (κ3) is 10.6. The van der Waals surface area contributed by atoms with Crippen LogP contribution in [0.15, 0.2) is 89.6 Å². The second-order valence-electron chi connectivity index (χ2n) is 6.87. The number of carbonyl (C=O) groups is 1. The van der Waals surface area contributed by atoms with Crippen molar-refractivity contribution in [2.24, 2.45) is 0 Å². The topological polar surface area (TPSA) is 30.0 Å². The zero-order valence-corrected chi connectivity index (χ0v) is 19.5. The van der Waals surface area contributed by atoms with Gasteiger partial charge in [-0.2, -0.15) is 0 Å². The first-order valence-corrected chi connectivity index (χ1v) is 10.5. The average molecular weight is 452 g/mol. The molecule has 0 aliphatic heterocycles. The Bertz CT molecular complexity index is 867. The van der Waals surface area contributed by atoms with Gasteiger partial charge in [0.25, 0.3) is 0 Å². The van der Waals surface area contributed by atoms with E-state index in [0.717, 1.165) is 10.2 Å². The van der Waals surface area contributed by atoms with E-state index in [2.05, 4.69) is 77.2 Å². The van der Waals surface area contributed by atoms with Crippen molar-refractivity contribution in [3.05, 3.63) is 101 Å². The van der Waals surface area contributed by atoms with Crippen LogP contribution in [-0.2, 0) is 4.79 Å². The second-order valence-corrected chi connectivity index (χ2v) is 7.79. The maximum atomic E-state index is 9.96. The minimum absolute atomic E-state index is 0.109. The Morgan fingerprint density at radius 3 is 1.97 bits per heavy atom. The molecule has 29 heavy (non-hydrogen) atoms. The van der Waals surface area contributed by atoms with Gasteiger partial charge < -0.3 is 0 Å². The van der Waals surface area contributed by atoms with E-state index in [-0.39, 0.29) is 5.78 Å². The lowest BCUT2D eigenvalue weighted by Crippen LogP contribution is -1.84.